The summed E-state index contributed by atoms with van der Waals surface area (Å²) in [6.45, 7) is 5.10. The second-order valence-corrected chi connectivity index (χ2v) is 6.16. The molecule has 1 aliphatic rings. The van der Waals surface area contributed by atoms with Crippen LogP contribution in [0.15, 0.2) is 0 Å². The van der Waals surface area contributed by atoms with Gasteiger partial charge in [-0.3, -0.25) is 14.9 Å². The monoisotopic (exact) mass is 271 g/mol. The lowest BCUT2D eigenvalue weighted by Crippen LogP contribution is -2.53. The Balaban J connectivity index is 2.89. The first-order valence-corrected chi connectivity index (χ1v) is 7.12. The molecule has 1 saturated carbocycles. The minimum Gasteiger partial charge on any atom is -0.389 e. The van der Waals surface area contributed by atoms with Crippen molar-refractivity contribution in [1.82, 2.24) is 0 Å². The highest BCUT2D eigenvalue weighted by atomic mass is 16.6. The lowest BCUT2D eigenvalue weighted by Gasteiger charge is -2.42. The van der Waals surface area contributed by atoms with E-state index in [0.717, 1.165) is 19.3 Å². The van der Waals surface area contributed by atoms with Gasteiger partial charge in [-0.05, 0) is 26.7 Å². The molecule has 3 atom stereocenters. The van der Waals surface area contributed by atoms with E-state index >= 15 is 0 Å². The molecule has 19 heavy (non-hydrogen) atoms. The number of carbonyl (C=O) groups excluding carboxylic acids is 1. The molecule has 0 bridgehead atoms. The molecule has 0 aliphatic heterocycles. The van der Waals surface area contributed by atoms with Crippen LogP contribution in [0.1, 0.15) is 65.7 Å². The molecule has 0 aromatic carbocycles. The minimum atomic E-state index is -1.10. The Labute approximate surface area is 114 Å². The molecule has 1 fully saturated rings. The molecule has 0 aromatic rings. The van der Waals surface area contributed by atoms with Crippen molar-refractivity contribution in [3.05, 3.63) is 10.1 Å². The van der Waals surface area contributed by atoms with Crippen LogP contribution in [0.5, 0.6) is 0 Å². The van der Waals surface area contributed by atoms with Gasteiger partial charge >= 0.3 is 0 Å². The average Bonchev–Trinajstić information content (AvgIpc) is 2.30. The molecular weight excluding hydrogens is 246 g/mol. The number of aliphatic hydroxyl groups is 1. The fourth-order valence-corrected chi connectivity index (χ4v) is 3.13. The predicted molar refractivity (Wildman–Crippen MR) is 72.5 cm³/mol. The van der Waals surface area contributed by atoms with Gasteiger partial charge in [0.25, 0.3) is 0 Å². The van der Waals surface area contributed by atoms with Gasteiger partial charge in [0, 0.05) is 24.2 Å². The van der Waals surface area contributed by atoms with E-state index in [4.69, 9.17) is 0 Å². The molecule has 0 saturated heterocycles. The number of Topliss-reactive ketones (excluding diaryl/α,β-unsaturated/α-hetero) is 1. The Morgan fingerprint density at radius 1 is 1.42 bits per heavy atom. The van der Waals surface area contributed by atoms with E-state index in [1.807, 2.05) is 0 Å². The molecule has 110 valence electrons. The third-order valence-electron chi connectivity index (χ3n) is 4.55. The first kappa shape index (κ1) is 16.1. The van der Waals surface area contributed by atoms with Crippen LogP contribution in [0.3, 0.4) is 0 Å². The van der Waals surface area contributed by atoms with Crippen LogP contribution < -0.4 is 0 Å². The largest absolute Gasteiger partial charge is 0.389 e. The molecule has 5 nitrogen and oxygen atoms in total. The Morgan fingerprint density at radius 3 is 2.53 bits per heavy atom. The van der Waals surface area contributed by atoms with Crippen molar-refractivity contribution in [3.63, 3.8) is 0 Å². The first-order chi connectivity index (χ1) is 8.75. The SMILES string of the molecule is CCCCC[C@]1([N+](=O)[O-])CC[C@](C)(O)[C@H](C(C)=O)C1. The van der Waals surface area contributed by atoms with E-state index in [-0.39, 0.29) is 17.1 Å². The quantitative estimate of drug-likeness (QED) is 0.457. The highest BCUT2D eigenvalue weighted by molar-refractivity contribution is 5.79. The van der Waals surface area contributed by atoms with Gasteiger partial charge in [0.15, 0.2) is 0 Å². The van der Waals surface area contributed by atoms with Crippen molar-refractivity contribution in [1.29, 1.82) is 0 Å². The van der Waals surface area contributed by atoms with E-state index in [9.17, 15) is 20.0 Å². The summed E-state index contributed by atoms with van der Waals surface area (Å²) >= 11 is 0. The van der Waals surface area contributed by atoms with Crippen molar-refractivity contribution in [2.24, 2.45) is 5.92 Å². The summed E-state index contributed by atoms with van der Waals surface area (Å²) in [7, 11) is 0. The fraction of sp³-hybridized carbons (Fsp3) is 0.929. The van der Waals surface area contributed by atoms with Crippen molar-refractivity contribution in [2.75, 3.05) is 0 Å². The Kier molecular flexibility index (Phi) is 5.07. The van der Waals surface area contributed by atoms with Crippen molar-refractivity contribution in [3.8, 4) is 0 Å². The highest BCUT2D eigenvalue weighted by Crippen LogP contribution is 2.43. The molecule has 1 aliphatic carbocycles. The zero-order chi connectivity index (χ0) is 14.7. The van der Waals surface area contributed by atoms with Gasteiger partial charge in [-0.1, -0.05) is 19.8 Å². The number of unbranched alkanes of at least 4 members (excludes halogenated alkanes) is 2. The normalized spacial score (nSPS) is 35.1. The smallest absolute Gasteiger partial charge is 0.223 e. The molecule has 0 spiro atoms. The summed E-state index contributed by atoms with van der Waals surface area (Å²) in [6, 6.07) is 0. The van der Waals surface area contributed by atoms with Crippen LogP contribution >= 0.6 is 0 Å². The van der Waals surface area contributed by atoms with Gasteiger partial charge in [0.05, 0.1) is 11.5 Å². The van der Waals surface area contributed by atoms with Gasteiger partial charge in [-0.2, -0.15) is 0 Å². The van der Waals surface area contributed by atoms with E-state index in [1.54, 1.807) is 6.92 Å². The van der Waals surface area contributed by atoms with E-state index < -0.39 is 17.1 Å². The number of carbonyl (C=O) groups is 1. The van der Waals surface area contributed by atoms with Crippen LogP contribution in [0.4, 0.5) is 0 Å². The summed E-state index contributed by atoms with van der Waals surface area (Å²) in [5, 5.41) is 21.7. The Morgan fingerprint density at radius 2 is 2.05 bits per heavy atom. The third-order valence-corrected chi connectivity index (χ3v) is 4.55. The van der Waals surface area contributed by atoms with Crippen LogP contribution in [-0.2, 0) is 4.79 Å². The second kappa shape index (κ2) is 5.99. The maximum atomic E-state index is 11.7. The van der Waals surface area contributed by atoms with E-state index in [0.29, 0.717) is 19.3 Å². The molecule has 0 heterocycles. The third kappa shape index (κ3) is 3.53. The molecule has 0 amide bonds. The topological polar surface area (TPSA) is 80.4 Å². The van der Waals surface area contributed by atoms with Crippen LogP contribution in [0.2, 0.25) is 0 Å². The molecule has 1 rings (SSSR count). The van der Waals surface area contributed by atoms with Crippen molar-refractivity contribution < 1.29 is 14.8 Å². The van der Waals surface area contributed by atoms with Crippen LogP contribution in [0.25, 0.3) is 0 Å². The maximum Gasteiger partial charge on any atom is 0.223 e. The number of ketones is 1. The van der Waals surface area contributed by atoms with Crippen molar-refractivity contribution >= 4 is 5.78 Å². The molecular formula is C14H25NO4. The highest BCUT2D eigenvalue weighted by Gasteiger charge is 2.54. The summed E-state index contributed by atoms with van der Waals surface area (Å²) in [4.78, 5) is 22.9. The van der Waals surface area contributed by atoms with Crippen LogP contribution in [-0.4, -0.2) is 27.0 Å². The second-order valence-electron chi connectivity index (χ2n) is 6.16. The maximum absolute atomic E-state index is 11.7. The van der Waals surface area contributed by atoms with E-state index in [2.05, 4.69) is 6.92 Å². The number of hydrogen-bond acceptors (Lipinski definition) is 4. The summed E-state index contributed by atoms with van der Waals surface area (Å²) < 4.78 is 0. The fourth-order valence-electron chi connectivity index (χ4n) is 3.13. The lowest BCUT2D eigenvalue weighted by atomic mass is 9.65. The summed E-state index contributed by atoms with van der Waals surface area (Å²) in [6.07, 6.45) is 4.16. The van der Waals surface area contributed by atoms with Gasteiger partial charge < -0.3 is 5.11 Å². The minimum absolute atomic E-state index is 0.147. The summed E-state index contributed by atoms with van der Waals surface area (Å²) in [5.74, 6) is -0.764. The summed E-state index contributed by atoms with van der Waals surface area (Å²) in [5.41, 5.74) is -2.12. The number of hydrogen-bond donors (Lipinski definition) is 1. The first-order valence-electron chi connectivity index (χ1n) is 7.12. The van der Waals surface area contributed by atoms with Gasteiger partial charge in [-0.15, -0.1) is 0 Å². The molecule has 0 aromatic heterocycles. The van der Waals surface area contributed by atoms with Gasteiger partial charge in [-0.25, -0.2) is 0 Å². The number of nitro groups is 1. The molecule has 5 heteroatoms. The Hall–Kier alpha value is -0.970. The molecule has 1 N–H and O–H groups in total. The van der Waals surface area contributed by atoms with E-state index in [1.165, 1.54) is 6.92 Å². The Bertz CT molecular complexity index is 353. The standard InChI is InChI=1S/C14H25NO4/c1-4-5-6-7-14(15(18)19)9-8-13(3,17)12(10-14)11(2)16/h12,17H,4-10H2,1-3H3/t12-,13-,14-/m0/s1. The van der Waals surface area contributed by atoms with Crippen molar-refractivity contribution in [2.45, 2.75) is 76.9 Å². The number of rotatable bonds is 6. The van der Waals surface area contributed by atoms with Gasteiger partial charge in [0.1, 0.15) is 5.78 Å². The predicted octanol–water partition coefficient (Wildman–Crippen LogP) is 2.72. The van der Waals surface area contributed by atoms with Gasteiger partial charge in [0.2, 0.25) is 5.54 Å². The van der Waals surface area contributed by atoms with Crippen LogP contribution in [0, 0.1) is 16.0 Å². The zero-order valence-electron chi connectivity index (χ0n) is 12.1. The number of nitrogens with zero attached hydrogens (tertiary/aromatic N) is 1. The lowest BCUT2D eigenvalue weighted by molar-refractivity contribution is -0.579. The molecule has 0 unspecified atom stereocenters. The molecule has 0 radical (unpaired) electrons. The average molecular weight is 271 g/mol. The zero-order valence-corrected chi connectivity index (χ0v) is 12.1.